The number of hydrogen-bond acceptors (Lipinski definition) is 2. The first-order chi connectivity index (χ1) is 7.20. The molecule has 0 aliphatic carbocycles. The van der Waals surface area contributed by atoms with Crippen LogP contribution in [0.25, 0.3) is 0 Å². The van der Waals surface area contributed by atoms with E-state index in [9.17, 15) is 4.79 Å². The molecule has 1 amide bonds. The van der Waals surface area contributed by atoms with E-state index in [2.05, 4.69) is 11.9 Å². The number of nitrogens with zero attached hydrogens (tertiary/aromatic N) is 3. The van der Waals surface area contributed by atoms with Gasteiger partial charge >= 0.3 is 0 Å². The molecule has 15 heavy (non-hydrogen) atoms. The summed E-state index contributed by atoms with van der Waals surface area (Å²) in [4.78, 5) is 18.0. The van der Waals surface area contributed by atoms with Gasteiger partial charge in [0.25, 0.3) is 5.91 Å². The normalized spacial score (nSPS) is 20.9. The number of likely N-dealkylation sites (tertiary alicyclic amines) is 1. The first-order valence-corrected chi connectivity index (χ1v) is 5.48. The number of carbonyl (C=O) groups excluding carboxylic acids is 1. The summed E-state index contributed by atoms with van der Waals surface area (Å²) < 4.78 is 1.81. The Bertz CT molecular complexity index is 358. The molecule has 4 heteroatoms. The maximum Gasteiger partial charge on any atom is 0.274 e. The second-order valence-corrected chi connectivity index (χ2v) is 4.24. The van der Waals surface area contributed by atoms with Crippen LogP contribution in [0.5, 0.6) is 0 Å². The molecule has 82 valence electrons. The zero-order valence-corrected chi connectivity index (χ0v) is 9.31. The number of aryl methyl sites for hydroxylation is 1. The van der Waals surface area contributed by atoms with E-state index in [1.54, 1.807) is 17.1 Å². The van der Waals surface area contributed by atoms with E-state index in [1.807, 2.05) is 11.9 Å². The number of hydrogen-bond donors (Lipinski definition) is 0. The Kier molecular flexibility index (Phi) is 2.75. The van der Waals surface area contributed by atoms with Gasteiger partial charge in [0.1, 0.15) is 5.69 Å². The van der Waals surface area contributed by atoms with E-state index in [4.69, 9.17) is 0 Å². The Morgan fingerprint density at radius 3 is 3.00 bits per heavy atom. The molecule has 1 aromatic rings. The predicted octanol–water partition coefficient (Wildman–Crippen LogP) is 1.29. The molecule has 1 aromatic heterocycles. The average Bonchev–Trinajstić information content (AvgIpc) is 2.84. The Labute approximate surface area is 89.9 Å². The number of rotatable bonds is 2. The fraction of sp³-hybridized carbons (Fsp3) is 0.636. The smallest absolute Gasteiger partial charge is 0.274 e. The third-order valence-electron chi connectivity index (χ3n) is 3.07. The highest BCUT2D eigenvalue weighted by molar-refractivity contribution is 5.92. The fourth-order valence-electron chi connectivity index (χ4n) is 2.04. The number of aromatic nitrogens is 2. The van der Waals surface area contributed by atoms with Crippen molar-refractivity contribution in [2.45, 2.75) is 19.8 Å². The lowest BCUT2D eigenvalue weighted by molar-refractivity contribution is 0.0781. The topological polar surface area (TPSA) is 38.1 Å². The quantitative estimate of drug-likeness (QED) is 0.733. The Balaban J connectivity index is 2.03. The maximum atomic E-state index is 12.0. The predicted molar refractivity (Wildman–Crippen MR) is 57.5 cm³/mol. The average molecular weight is 207 g/mol. The van der Waals surface area contributed by atoms with Gasteiger partial charge in [-0.2, -0.15) is 0 Å². The highest BCUT2D eigenvalue weighted by Gasteiger charge is 2.26. The molecular formula is C11H17N3O. The molecule has 0 bridgehead atoms. The summed E-state index contributed by atoms with van der Waals surface area (Å²) in [5, 5.41) is 0. The van der Waals surface area contributed by atoms with Crippen molar-refractivity contribution >= 4 is 5.91 Å². The molecule has 1 fully saturated rings. The van der Waals surface area contributed by atoms with E-state index in [1.165, 1.54) is 0 Å². The molecule has 0 aromatic carbocycles. The van der Waals surface area contributed by atoms with Gasteiger partial charge in [-0.15, -0.1) is 0 Å². The van der Waals surface area contributed by atoms with Crippen molar-refractivity contribution in [3.8, 4) is 0 Å². The largest absolute Gasteiger partial charge is 0.340 e. The Morgan fingerprint density at radius 1 is 1.67 bits per heavy atom. The minimum atomic E-state index is 0.0755. The van der Waals surface area contributed by atoms with Crippen molar-refractivity contribution in [1.29, 1.82) is 0 Å². The van der Waals surface area contributed by atoms with Crippen molar-refractivity contribution in [2.75, 3.05) is 13.1 Å². The third-order valence-corrected chi connectivity index (χ3v) is 3.07. The van der Waals surface area contributed by atoms with Crippen LogP contribution < -0.4 is 0 Å². The molecule has 0 N–H and O–H groups in total. The minimum Gasteiger partial charge on any atom is -0.340 e. The third kappa shape index (κ3) is 2.03. The van der Waals surface area contributed by atoms with E-state index in [0.717, 1.165) is 25.9 Å². The van der Waals surface area contributed by atoms with Gasteiger partial charge in [-0.25, -0.2) is 4.98 Å². The highest BCUT2D eigenvalue weighted by Crippen LogP contribution is 2.20. The molecule has 1 saturated heterocycles. The van der Waals surface area contributed by atoms with Crippen LogP contribution in [0, 0.1) is 5.92 Å². The summed E-state index contributed by atoms with van der Waals surface area (Å²) in [6.45, 7) is 3.96. The Hall–Kier alpha value is -1.32. The fourth-order valence-corrected chi connectivity index (χ4v) is 2.04. The van der Waals surface area contributed by atoms with Gasteiger partial charge in [0.05, 0.1) is 6.33 Å². The van der Waals surface area contributed by atoms with Crippen LogP contribution in [0.4, 0.5) is 0 Å². The zero-order valence-electron chi connectivity index (χ0n) is 9.31. The van der Waals surface area contributed by atoms with Crippen molar-refractivity contribution in [2.24, 2.45) is 13.0 Å². The minimum absolute atomic E-state index is 0.0755. The van der Waals surface area contributed by atoms with Crippen molar-refractivity contribution < 1.29 is 4.79 Å². The van der Waals surface area contributed by atoms with Gasteiger partial charge in [0, 0.05) is 26.3 Å². The highest BCUT2D eigenvalue weighted by atomic mass is 16.2. The van der Waals surface area contributed by atoms with Crippen LogP contribution in [0.2, 0.25) is 0 Å². The van der Waals surface area contributed by atoms with Gasteiger partial charge in [-0.05, 0) is 12.3 Å². The van der Waals surface area contributed by atoms with Gasteiger partial charge in [0.15, 0.2) is 0 Å². The van der Waals surface area contributed by atoms with E-state index in [0.29, 0.717) is 11.6 Å². The number of carbonyl (C=O) groups is 1. The van der Waals surface area contributed by atoms with Gasteiger partial charge in [-0.3, -0.25) is 4.79 Å². The summed E-state index contributed by atoms with van der Waals surface area (Å²) in [5.74, 6) is 0.754. The lowest BCUT2D eigenvalue weighted by Gasteiger charge is -2.14. The summed E-state index contributed by atoms with van der Waals surface area (Å²) in [5.41, 5.74) is 0.564. The second kappa shape index (κ2) is 4.04. The molecule has 1 aliphatic rings. The molecule has 2 rings (SSSR count). The van der Waals surface area contributed by atoms with Crippen LogP contribution in [-0.2, 0) is 7.05 Å². The van der Waals surface area contributed by atoms with Crippen LogP contribution in [-0.4, -0.2) is 33.4 Å². The second-order valence-electron chi connectivity index (χ2n) is 4.24. The monoisotopic (exact) mass is 207 g/mol. The maximum absolute atomic E-state index is 12.0. The van der Waals surface area contributed by atoms with Crippen LogP contribution >= 0.6 is 0 Å². The molecule has 0 unspecified atom stereocenters. The molecule has 2 heterocycles. The van der Waals surface area contributed by atoms with Gasteiger partial charge in [-0.1, -0.05) is 13.3 Å². The van der Waals surface area contributed by atoms with Gasteiger partial charge < -0.3 is 9.47 Å². The first-order valence-electron chi connectivity index (χ1n) is 5.48. The summed E-state index contributed by atoms with van der Waals surface area (Å²) in [6, 6.07) is 0. The molecule has 0 radical (unpaired) electrons. The molecule has 0 spiro atoms. The lowest BCUT2D eigenvalue weighted by atomic mass is 10.1. The molecule has 1 atom stereocenters. The standard InChI is InChI=1S/C11H17N3O/c1-3-9-4-5-14(6-9)11(15)10-7-13(2)8-12-10/h7-9H,3-6H2,1-2H3/t9-/m0/s1. The van der Waals surface area contributed by atoms with Crippen molar-refractivity contribution in [1.82, 2.24) is 14.5 Å². The van der Waals surface area contributed by atoms with Crippen molar-refractivity contribution in [3.05, 3.63) is 18.2 Å². The molecule has 4 nitrogen and oxygen atoms in total. The molecular weight excluding hydrogens is 190 g/mol. The number of imidazole rings is 1. The summed E-state index contributed by atoms with van der Waals surface area (Å²) in [7, 11) is 1.88. The van der Waals surface area contributed by atoms with E-state index in [-0.39, 0.29) is 5.91 Å². The zero-order chi connectivity index (χ0) is 10.8. The SMILES string of the molecule is CC[C@H]1CCN(C(=O)c2cn(C)cn2)C1. The summed E-state index contributed by atoms with van der Waals surface area (Å²) in [6.07, 6.45) is 5.74. The number of amides is 1. The molecule has 0 saturated carbocycles. The lowest BCUT2D eigenvalue weighted by Crippen LogP contribution is -2.28. The Morgan fingerprint density at radius 2 is 2.47 bits per heavy atom. The van der Waals surface area contributed by atoms with E-state index < -0.39 is 0 Å². The first kappa shape index (κ1) is 10.2. The van der Waals surface area contributed by atoms with Crippen LogP contribution in [0.3, 0.4) is 0 Å². The van der Waals surface area contributed by atoms with Crippen LogP contribution in [0.15, 0.2) is 12.5 Å². The van der Waals surface area contributed by atoms with Crippen LogP contribution in [0.1, 0.15) is 30.3 Å². The molecule has 1 aliphatic heterocycles. The van der Waals surface area contributed by atoms with E-state index >= 15 is 0 Å². The van der Waals surface area contributed by atoms with Crippen molar-refractivity contribution in [3.63, 3.8) is 0 Å². The van der Waals surface area contributed by atoms with Gasteiger partial charge in [0.2, 0.25) is 0 Å². The summed E-state index contributed by atoms with van der Waals surface area (Å²) >= 11 is 0.